The van der Waals surface area contributed by atoms with Crippen molar-refractivity contribution < 1.29 is 57.7 Å². The molecule has 0 radical (unpaired) electrons. The molecule has 5 saturated heterocycles. The van der Waals surface area contributed by atoms with Crippen LogP contribution in [-0.4, -0.2) is 156 Å². The molecule has 3 atom stereocenters. The Hall–Kier alpha value is -5.67. The number of nitrogens with zero attached hydrogens (tertiary/aromatic N) is 6. The van der Waals surface area contributed by atoms with Crippen molar-refractivity contribution >= 4 is 53.7 Å². The van der Waals surface area contributed by atoms with Gasteiger partial charge in [-0.3, -0.25) is 33.7 Å². The highest BCUT2D eigenvalue weighted by molar-refractivity contribution is 6.02. The van der Waals surface area contributed by atoms with Crippen molar-refractivity contribution in [1.82, 2.24) is 45.8 Å². The van der Waals surface area contributed by atoms with E-state index in [0.717, 1.165) is 58.3 Å². The van der Waals surface area contributed by atoms with E-state index in [2.05, 4.69) is 42.8 Å². The second-order valence-corrected chi connectivity index (χ2v) is 15.5. The van der Waals surface area contributed by atoms with E-state index in [1.807, 2.05) is 33.3 Å². The Labute approximate surface area is 347 Å². The first-order chi connectivity index (χ1) is 28.7. The molecule has 0 spiro atoms. The maximum Gasteiger partial charge on any atom is 0.432 e. The number of likely N-dealkylation sites (N-methyl/N-ethyl adjacent to an activating group) is 3. The van der Waals surface area contributed by atoms with Gasteiger partial charge in [0.1, 0.15) is 0 Å². The van der Waals surface area contributed by atoms with Gasteiger partial charge in [-0.2, -0.15) is 0 Å². The predicted molar refractivity (Wildman–Crippen MR) is 208 cm³/mol. The van der Waals surface area contributed by atoms with Gasteiger partial charge in [-0.15, -0.1) is 15.2 Å². The number of hydrogen-bond donors (Lipinski definition) is 3. The minimum absolute atomic E-state index is 0.00376. The van der Waals surface area contributed by atoms with E-state index in [1.54, 1.807) is 0 Å². The fourth-order valence-electron chi connectivity index (χ4n) is 7.59. The monoisotopic (exact) mass is 841 g/mol. The van der Waals surface area contributed by atoms with Crippen LogP contribution in [0.1, 0.15) is 87.8 Å². The Morgan fingerprint density at radius 3 is 1.63 bits per heavy atom. The van der Waals surface area contributed by atoms with Crippen molar-refractivity contribution in [1.29, 1.82) is 0 Å². The van der Waals surface area contributed by atoms with Crippen LogP contribution < -0.4 is 16.0 Å². The Morgan fingerprint density at radius 2 is 1.10 bits per heavy atom. The quantitative estimate of drug-likeness (QED) is 0.311. The number of fused-ring (bicyclic) bond motifs is 1. The number of amides is 9. The molecule has 6 aliphatic rings. The minimum atomic E-state index is -0.787. The van der Waals surface area contributed by atoms with Crippen LogP contribution in [0.15, 0.2) is 24.3 Å². The third-order valence-corrected chi connectivity index (χ3v) is 11.0. The summed E-state index contributed by atoms with van der Waals surface area (Å²) < 4.78 is 0. The number of hydrogen-bond acceptors (Lipinski definition) is 15. The highest BCUT2D eigenvalue weighted by Gasteiger charge is 2.36. The van der Waals surface area contributed by atoms with Crippen molar-refractivity contribution in [2.24, 2.45) is 0 Å². The van der Waals surface area contributed by atoms with Crippen LogP contribution in [0.2, 0.25) is 0 Å². The van der Waals surface area contributed by atoms with E-state index in [1.165, 1.54) is 17.5 Å². The zero-order valence-electron chi connectivity index (χ0n) is 34.4. The largest absolute Gasteiger partial charge is 0.432 e. The molecule has 3 unspecified atom stereocenters. The van der Waals surface area contributed by atoms with Gasteiger partial charge < -0.3 is 40.3 Å². The molecule has 5 fully saturated rings. The third kappa shape index (κ3) is 12.7. The number of rotatable bonds is 8. The highest BCUT2D eigenvalue weighted by atomic mass is 16.7. The molecule has 21 nitrogen and oxygen atoms in total. The molecular weight excluding hydrogens is 786 g/mol. The molecular formula is C39H55N9O12. The molecule has 6 heterocycles. The summed E-state index contributed by atoms with van der Waals surface area (Å²) in [7, 11) is 6.00. The number of piperidine rings is 2. The summed E-state index contributed by atoms with van der Waals surface area (Å²) in [5, 5.41) is 9.58. The molecule has 1 aromatic rings. The van der Waals surface area contributed by atoms with E-state index in [4.69, 9.17) is 14.5 Å². The molecule has 0 saturated carbocycles. The second-order valence-electron chi connectivity index (χ2n) is 15.5. The molecule has 3 N–H and O–H groups in total. The molecule has 60 heavy (non-hydrogen) atoms. The smallest absolute Gasteiger partial charge is 0.318 e. The van der Waals surface area contributed by atoms with Crippen molar-refractivity contribution in [3.63, 3.8) is 0 Å². The number of carbonyl (C=O) groups excluding carboxylic acids is 9. The highest BCUT2D eigenvalue weighted by Crippen LogP contribution is 2.28. The van der Waals surface area contributed by atoms with Gasteiger partial charge in [-0.1, -0.05) is 30.7 Å². The van der Waals surface area contributed by atoms with Gasteiger partial charge in [0.25, 0.3) is 35.4 Å². The summed E-state index contributed by atoms with van der Waals surface area (Å²) in [6.07, 6.45) is 4.55. The third-order valence-electron chi connectivity index (χ3n) is 11.0. The maximum atomic E-state index is 11.9. The fourth-order valence-corrected chi connectivity index (χ4v) is 7.59. The van der Waals surface area contributed by atoms with Crippen LogP contribution in [0, 0.1) is 0 Å². The maximum absolute atomic E-state index is 11.9. The van der Waals surface area contributed by atoms with Crippen molar-refractivity contribution in [3.8, 4) is 0 Å². The van der Waals surface area contributed by atoms with Gasteiger partial charge in [-0.25, -0.2) is 14.4 Å². The van der Waals surface area contributed by atoms with Gasteiger partial charge in [0.05, 0.1) is 6.04 Å². The normalized spacial score (nSPS) is 23.6. The van der Waals surface area contributed by atoms with Crippen LogP contribution in [-0.2, 0) is 49.7 Å². The SMILES string of the molecule is CN1CCCC(NC(=O)ON2C(=O)CCC2=O)C1.CN1CCCCC1CNC(=O)ON1C(=O)CCC1=O.CN1CCc2ccccc2C1CNC(=O)ON1C(=O)CCC1=O. The van der Waals surface area contributed by atoms with Gasteiger partial charge in [0, 0.05) is 76.8 Å². The number of nitrogens with one attached hydrogen (secondary N) is 3. The molecule has 6 aliphatic heterocycles. The first-order valence-electron chi connectivity index (χ1n) is 20.3. The summed E-state index contributed by atoms with van der Waals surface area (Å²) in [5.74, 6) is -2.81. The number of benzene rings is 1. The van der Waals surface area contributed by atoms with E-state index in [0.29, 0.717) is 28.3 Å². The topological polar surface area (TPSA) is 237 Å². The summed E-state index contributed by atoms with van der Waals surface area (Å²) in [5.41, 5.74) is 2.45. The predicted octanol–water partition coefficient (Wildman–Crippen LogP) is 1.14. The molecule has 21 heteroatoms. The zero-order chi connectivity index (χ0) is 43.3. The van der Waals surface area contributed by atoms with Crippen LogP contribution >= 0.6 is 0 Å². The van der Waals surface area contributed by atoms with Gasteiger partial charge in [-0.05, 0) is 77.5 Å². The molecule has 7 rings (SSSR count). The average Bonchev–Trinajstić information content (AvgIpc) is 3.84. The minimum Gasteiger partial charge on any atom is -0.318 e. The van der Waals surface area contributed by atoms with Crippen LogP contribution in [0.25, 0.3) is 0 Å². The first kappa shape index (κ1) is 45.4. The van der Waals surface area contributed by atoms with Crippen LogP contribution in [0.4, 0.5) is 14.4 Å². The number of imide groups is 3. The summed E-state index contributed by atoms with van der Waals surface area (Å²) in [6.45, 7) is 4.49. The summed E-state index contributed by atoms with van der Waals surface area (Å²) >= 11 is 0. The van der Waals surface area contributed by atoms with Crippen molar-refractivity contribution in [2.75, 3.05) is 60.4 Å². The molecule has 0 aromatic heterocycles. The number of hydroxylamine groups is 6. The van der Waals surface area contributed by atoms with Gasteiger partial charge in [0.2, 0.25) is 0 Å². The zero-order valence-corrected chi connectivity index (χ0v) is 34.4. The standard InChI is InChI=1S/C16H19N3O4.C12H19N3O4.C11H17N3O4/c1-18-9-8-11-4-2-3-5-12(11)13(18)10-17-16(22)23-19-14(20)6-7-15(19)21;1-14-7-3-2-4-9(14)8-13-12(18)19-15-10(16)5-6-11(15)17;1-13-6-2-3-8(7-13)12-11(17)18-14-9(15)4-5-10(14)16/h2-5,13H,6-10H2,1H3,(H,17,22);9H,2-8H2,1H3,(H,13,18);8H,2-7H2,1H3,(H,12,17). The van der Waals surface area contributed by atoms with Crippen molar-refractivity contribution in [2.45, 2.75) is 95.2 Å². The molecule has 1 aromatic carbocycles. The van der Waals surface area contributed by atoms with Gasteiger partial charge in [0.15, 0.2) is 0 Å². The fraction of sp³-hybridized carbons (Fsp3) is 0.615. The van der Waals surface area contributed by atoms with Gasteiger partial charge >= 0.3 is 18.3 Å². The summed E-state index contributed by atoms with van der Waals surface area (Å²) in [6, 6.07) is 8.46. The van der Waals surface area contributed by atoms with E-state index in [9.17, 15) is 43.2 Å². The summed E-state index contributed by atoms with van der Waals surface area (Å²) in [4.78, 5) is 124. The van der Waals surface area contributed by atoms with E-state index < -0.39 is 53.7 Å². The molecule has 9 amide bonds. The Morgan fingerprint density at radius 1 is 0.583 bits per heavy atom. The first-order valence-corrected chi connectivity index (χ1v) is 20.3. The average molecular weight is 842 g/mol. The Balaban J connectivity index is 0.000000172. The van der Waals surface area contributed by atoms with E-state index >= 15 is 0 Å². The number of likely N-dealkylation sites (tertiary alicyclic amines) is 2. The Kier molecular flexibility index (Phi) is 16.3. The lowest BCUT2D eigenvalue weighted by Gasteiger charge is -2.34. The lowest BCUT2D eigenvalue weighted by molar-refractivity contribution is -0.172. The second kappa shape index (κ2) is 21.5. The van der Waals surface area contributed by atoms with Crippen LogP contribution in [0.3, 0.4) is 0 Å². The molecule has 0 bridgehead atoms. The molecule has 0 aliphatic carbocycles. The number of carbonyl (C=O) groups is 9. The van der Waals surface area contributed by atoms with E-state index in [-0.39, 0.29) is 56.7 Å². The van der Waals surface area contributed by atoms with Crippen LogP contribution in [0.5, 0.6) is 0 Å². The lowest BCUT2D eigenvalue weighted by Crippen LogP contribution is -2.48. The lowest BCUT2D eigenvalue weighted by atomic mass is 9.93. The molecule has 328 valence electrons. The van der Waals surface area contributed by atoms with Crippen molar-refractivity contribution in [3.05, 3.63) is 35.4 Å². The Bertz CT molecular complexity index is 1750.